The number of hydrogen-bond acceptors (Lipinski definition) is 2. The molecule has 2 rings (SSSR count). The van der Waals surface area contributed by atoms with Gasteiger partial charge < -0.3 is 5.32 Å². The van der Waals surface area contributed by atoms with Crippen LogP contribution in [0.25, 0.3) is 0 Å². The van der Waals surface area contributed by atoms with Crippen molar-refractivity contribution in [1.29, 1.82) is 0 Å². The van der Waals surface area contributed by atoms with Gasteiger partial charge >= 0.3 is 0 Å². The molecule has 1 N–H and O–H groups in total. The Bertz CT molecular complexity index is 484. The molecule has 1 unspecified atom stereocenters. The smallest absolute Gasteiger partial charge is 0.142 e. The third-order valence-corrected chi connectivity index (χ3v) is 3.75. The minimum absolute atomic E-state index is 0.108. The van der Waals surface area contributed by atoms with E-state index >= 15 is 0 Å². The Kier molecular flexibility index (Phi) is 4.15. The quantitative estimate of drug-likeness (QED) is 0.883. The van der Waals surface area contributed by atoms with E-state index in [1.54, 1.807) is 17.4 Å². The average Bonchev–Trinajstić information content (AvgIpc) is 2.82. The Labute approximate surface area is 109 Å². The zero-order valence-electron chi connectivity index (χ0n) is 9.41. The fourth-order valence-electron chi connectivity index (χ4n) is 1.76. The maximum absolute atomic E-state index is 13.4. The van der Waals surface area contributed by atoms with Gasteiger partial charge in [-0.05, 0) is 53.6 Å². The molecule has 1 aromatic heterocycles. The van der Waals surface area contributed by atoms with Crippen LogP contribution < -0.4 is 5.32 Å². The van der Waals surface area contributed by atoms with Crippen molar-refractivity contribution < 1.29 is 4.39 Å². The molecule has 0 fully saturated rings. The standard InChI is InChI=1S/C13H13ClFNS/c1-16-13(6-9-4-5-17-8-9)10-2-3-11(14)12(15)7-10/h2-5,7-8,13,16H,6H2,1H3. The topological polar surface area (TPSA) is 12.0 Å². The first-order valence-corrected chi connectivity index (χ1v) is 6.66. The lowest BCUT2D eigenvalue weighted by Crippen LogP contribution is -2.18. The average molecular weight is 270 g/mol. The lowest BCUT2D eigenvalue weighted by atomic mass is 10.0. The van der Waals surface area contributed by atoms with Crippen molar-refractivity contribution >= 4 is 22.9 Å². The maximum Gasteiger partial charge on any atom is 0.142 e. The predicted molar refractivity (Wildman–Crippen MR) is 71.2 cm³/mol. The fourth-order valence-corrected chi connectivity index (χ4v) is 2.56. The van der Waals surface area contributed by atoms with Crippen molar-refractivity contribution in [2.75, 3.05) is 7.05 Å². The molecule has 2 aromatic rings. The molecule has 0 aliphatic heterocycles. The van der Waals surface area contributed by atoms with Crippen LogP contribution in [0.4, 0.5) is 4.39 Å². The molecular formula is C13H13ClFNS. The predicted octanol–water partition coefficient (Wildman–Crippen LogP) is 4.04. The lowest BCUT2D eigenvalue weighted by molar-refractivity contribution is 0.578. The molecule has 0 amide bonds. The van der Waals surface area contributed by atoms with Gasteiger partial charge in [-0.15, -0.1) is 0 Å². The van der Waals surface area contributed by atoms with Crippen LogP contribution in [0.3, 0.4) is 0 Å². The van der Waals surface area contributed by atoms with Crippen LogP contribution >= 0.6 is 22.9 Å². The van der Waals surface area contributed by atoms with Crippen LogP contribution in [0.1, 0.15) is 17.2 Å². The molecule has 90 valence electrons. The first kappa shape index (κ1) is 12.6. The SMILES string of the molecule is CNC(Cc1ccsc1)c1ccc(Cl)c(F)c1. The van der Waals surface area contributed by atoms with Crippen LogP contribution in [0, 0.1) is 5.82 Å². The van der Waals surface area contributed by atoms with E-state index < -0.39 is 0 Å². The molecule has 4 heteroatoms. The van der Waals surface area contributed by atoms with E-state index in [1.807, 2.05) is 18.5 Å². The summed E-state index contributed by atoms with van der Waals surface area (Å²) >= 11 is 7.35. The minimum Gasteiger partial charge on any atom is -0.313 e. The van der Waals surface area contributed by atoms with Gasteiger partial charge in [0, 0.05) is 6.04 Å². The molecule has 17 heavy (non-hydrogen) atoms. The van der Waals surface area contributed by atoms with Gasteiger partial charge in [0.2, 0.25) is 0 Å². The van der Waals surface area contributed by atoms with Crippen molar-refractivity contribution in [3.05, 3.63) is 57.0 Å². The second-order valence-corrected chi connectivity index (χ2v) is 5.04. The molecule has 0 aliphatic rings. The Morgan fingerprint density at radius 1 is 1.41 bits per heavy atom. The van der Waals surface area contributed by atoms with Gasteiger partial charge in [0.05, 0.1) is 5.02 Å². The summed E-state index contributed by atoms with van der Waals surface area (Å²) in [6.45, 7) is 0. The van der Waals surface area contributed by atoms with Crippen molar-refractivity contribution in [2.45, 2.75) is 12.5 Å². The third-order valence-electron chi connectivity index (χ3n) is 2.71. The van der Waals surface area contributed by atoms with Gasteiger partial charge in [0.1, 0.15) is 5.82 Å². The Balaban J connectivity index is 2.20. The van der Waals surface area contributed by atoms with Crippen LogP contribution in [-0.2, 0) is 6.42 Å². The van der Waals surface area contributed by atoms with E-state index in [-0.39, 0.29) is 16.9 Å². The van der Waals surface area contributed by atoms with Crippen LogP contribution in [0.2, 0.25) is 5.02 Å². The van der Waals surface area contributed by atoms with Gasteiger partial charge in [-0.3, -0.25) is 0 Å². The van der Waals surface area contributed by atoms with E-state index in [1.165, 1.54) is 11.6 Å². The number of thiophene rings is 1. The Hall–Kier alpha value is -0.900. The van der Waals surface area contributed by atoms with Crippen molar-refractivity contribution in [3.63, 3.8) is 0 Å². The number of halogens is 2. The van der Waals surface area contributed by atoms with Gasteiger partial charge in [0.15, 0.2) is 0 Å². The summed E-state index contributed by atoms with van der Waals surface area (Å²) in [4.78, 5) is 0. The lowest BCUT2D eigenvalue weighted by Gasteiger charge is -2.16. The van der Waals surface area contributed by atoms with Crippen LogP contribution in [0.5, 0.6) is 0 Å². The number of likely N-dealkylation sites (N-methyl/N-ethyl adjacent to an activating group) is 1. The molecule has 0 saturated heterocycles. The molecule has 1 nitrogen and oxygen atoms in total. The van der Waals surface area contributed by atoms with Gasteiger partial charge in [0.25, 0.3) is 0 Å². The summed E-state index contributed by atoms with van der Waals surface area (Å²) in [7, 11) is 1.88. The molecule has 1 aromatic carbocycles. The van der Waals surface area contributed by atoms with E-state index in [0.717, 1.165) is 12.0 Å². The summed E-state index contributed by atoms with van der Waals surface area (Å²) in [5, 5.41) is 7.52. The van der Waals surface area contributed by atoms with Crippen molar-refractivity contribution in [2.24, 2.45) is 0 Å². The highest BCUT2D eigenvalue weighted by molar-refractivity contribution is 7.07. The van der Waals surface area contributed by atoms with Crippen molar-refractivity contribution in [3.8, 4) is 0 Å². The van der Waals surface area contributed by atoms with E-state index in [0.29, 0.717) is 0 Å². The van der Waals surface area contributed by atoms with E-state index in [4.69, 9.17) is 11.6 Å². The van der Waals surface area contributed by atoms with E-state index in [2.05, 4.69) is 16.8 Å². The summed E-state index contributed by atoms with van der Waals surface area (Å²) in [6.07, 6.45) is 0.848. The number of benzene rings is 1. The Morgan fingerprint density at radius 3 is 2.82 bits per heavy atom. The van der Waals surface area contributed by atoms with Crippen molar-refractivity contribution in [1.82, 2.24) is 5.32 Å². The van der Waals surface area contributed by atoms with E-state index in [9.17, 15) is 4.39 Å². The maximum atomic E-state index is 13.4. The van der Waals surface area contributed by atoms with Crippen LogP contribution in [0.15, 0.2) is 35.0 Å². The monoisotopic (exact) mass is 269 g/mol. The molecule has 0 bridgehead atoms. The third kappa shape index (κ3) is 3.06. The number of nitrogens with one attached hydrogen (secondary N) is 1. The molecule has 0 radical (unpaired) electrons. The highest BCUT2D eigenvalue weighted by atomic mass is 35.5. The zero-order chi connectivity index (χ0) is 12.3. The first-order valence-electron chi connectivity index (χ1n) is 5.34. The van der Waals surface area contributed by atoms with Gasteiger partial charge in [-0.25, -0.2) is 4.39 Å². The highest BCUT2D eigenvalue weighted by Gasteiger charge is 2.12. The molecule has 0 spiro atoms. The molecule has 0 saturated carbocycles. The van der Waals surface area contributed by atoms with Crippen LogP contribution in [-0.4, -0.2) is 7.05 Å². The Morgan fingerprint density at radius 2 is 2.24 bits per heavy atom. The zero-order valence-corrected chi connectivity index (χ0v) is 11.0. The summed E-state index contributed by atoms with van der Waals surface area (Å²) < 4.78 is 13.4. The summed E-state index contributed by atoms with van der Waals surface area (Å²) in [6, 6.07) is 7.15. The second kappa shape index (κ2) is 5.63. The molecule has 1 heterocycles. The highest BCUT2D eigenvalue weighted by Crippen LogP contribution is 2.23. The normalized spacial score (nSPS) is 12.6. The molecular weight excluding hydrogens is 257 g/mol. The second-order valence-electron chi connectivity index (χ2n) is 3.85. The fraction of sp³-hybridized carbons (Fsp3) is 0.231. The minimum atomic E-state index is -0.366. The summed E-state index contributed by atoms with van der Waals surface area (Å²) in [5.74, 6) is -0.366. The summed E-state index contributed by atoms with van der Waals surface area (Å²) in [5.41, 5.74) is 2.17. The van der Waals surface area contributed by atoms with Gasteiger partial charge in [-0.1, -0.05) is 17.7 Å². The largest absolute Gasteiger partial charge is 0.313 e. The first-order chi connectivity index (χ1) is 8.20. The number of hydrogen-bond donors (Lipinski definition) is 1. The molecule has 0 aliphatic carbocycles. The number of rotatable bonds is 4. The molecule has 1 atom stereocenters. The van der Waals surface area contributed by atoms with Gasteiger partial charge in [-0.2, -0.15) is 11.3 Å².